The maximum atomic E-state index is 11.0. The molecule has 1 aromatic heterocycles. The summed E-state index contributed by atoms with van der Waals surface area (Å²) in [7, 11) is 0. The Bertz CT molecular complexity index is 738. The second-order valence-electron chi connectivity index (χ2n) is 3.81. The normalized spacial score (nSPS) is 10.8. The first-order valence-electron chi connectivity index (χ1n) is 5.19. The van der Waals surface area contributed by atoms with Gasteiger partial charge < -0.3 is 4.42 Å². The number of fused-ring (bicyclic) bond motifs is 3. The molecule has 0 saturated heterocycles. The average molecular weight is 224 g/mol. The molecule has 82 valence electrons. The van der Waals surface area contributed by atoms with E-state index in [-0.39, 0.29) is 0 Å². The molecular formula is C14H8O3. The van der Waals surface area contributed by atoms with E-state index >= 15 is 0 Å². The first-order chi connectivity index (χ1) is 8.33. The third kappa shape index (κ3) is 1.36. The Morgan fingerprint density at radius 2 is 1.82 bits per heavy atom. The molecule has 0 atom stereocenters. The highest BCUT2D eigenvalue weighted by Crippen LogP contribution is 2.31. The van der Waals surface area contributed by atoms with Crippen LogP contribution in [0.3, 0.4) is 0 Å². The smallest absolute Gasteiger partial charge is 0.150 e. The highest BCUT2D eigenvalue weighted by molar-refractivity contribution is 6.12. The van der Waals surface area contributed by atoms with E-state index in [1.54, 1.807) is 30.3 Å². The topological polar surface area (TPSA) is 47.3 Å². The zero-order valence-electron chi connectivity index (χ0n) is 8.84. The van der Waals surface area contributed by atoms with Crippen LogP contribution in [0.5, 0.6) is 0 Å². The molecule has 0 N–H and O–H groups in total. The maximum absolute atomic E-state index is 11.0. The van der Waals surface area contributed by atoms with Gasteiger partial charge in [0.25, 0.3) is 0 Å². The Morgan fingerprint density at radius 3 is 2.59 bits per heavy atom. The van der Waals surface area contributed by atoms with Gasteiger partial charge in [-0.25, -0.2) is 0 Å². The zero-order valence-corrected chi connectivity index (χ0v) is 8.84. The number of rotatable bonds is 2. The van der Waals surface area contributed by atoms with Crippen LogP contribution in [-0.4, -0.2) is 12.6 Å². The zero-order chi connectivity index (χ0) is 11.8. The molecule has 0 aliphatic heterocycles. The fourth-order valence-corrected chi connectivity index (χ4v) is 2.04. The van der Waals surface area contributed by atoms with Crippen LogP contribution in [-0.2, 0) is 0 Å². The summed E-state index contributed by atoms with van der Waals surface area (Å²) in [6.07, 6.45) is 1.58. The maximum Gasteiger partial charge on any atom is 0.150 e. The van der Waals surface area contributed by atoms with Crippen molar-refractivity contribution in [2.75, 3.05) is 0 Å². The molecule has 3 aromatic rings. The standard InChI is InChI=1S/C14H8O3/c15-7-9-4-5-12-11(6-9)14-10(8-16)2-1-3-13(14)17-12/h1-8H. The van der Waals surface area contributed by atoms with E-state index in [0.29, 0.717) is 22.3 Å². The van der Waals surface area contributed by atoms with Gasteiger partial charge in [0.05, 0.1) is 0 Å². The van der Waals surface area contributed by atoms with Crippen LogP contribution in [0, 0.1) is 0 Å². The molecule has 3 heteroatoms. The van der Waals surface area contributed by atoms with Gasteiger partial charge in [0.15, 0.2) is 6.29 Å². The van der Waals surface area contributed by atoms with Gasteiger partial charge in [0.2, 0.25) is 0 Å². The molecule has 0 bridgehead atoms. The molecule has 0 saturated carbocycles. The Hall–Kier alpha value is -2.42. The van der Waals surface area contributed by atoms with Crippen LogP contribution in [0.15, 0.2) is 40.8 Å². The quantitative estimate of drug-likeness (QED) is 0.628. The van der Waals surface area contributed by atoms with E-state index in [4.69, 9.17) is 4.42 Å². The minimum Gasteiger partial charge on any atom is -0.456 e. The molecule has 3 rings (SSSR count). The number of carbonyl (C=O) groups excluding carboxylic acids is 2. The number of benzene rings is 2. The summed E-state index contributed by atoms with van der Waals surface area (Å²) >= 11 is 0. The molecule has 0 aliphatic carbocycles. The number of hydrogen-bond acceptors (Lipinski definition) is 3. The van der Waals surface area contributed by atoms with Crippen molar-refractivity contribution in [3.8, 4) is 0 Å². The first-order valence-corrected chi connectivity index (χ1v) is 5.19. The van der Waals surface area contributed by atoms with Gasteiger partial charge in [-0.3, -0.25) is 9.59 Å². The van der Waals surface area contributed by atoms with Gasteiger partial charge in [-0.2, -0.15) is 0 Å². The molecule has 0 aliphatic rings. The molecule has 0 fully saturated rings. The van der Waals surface area contributed by atoms with E-state index in [2.05, 4.69) is 0 Å². The molecule has 0 amide bonds. The summed E-state index contributed by atoms with van der Waals surface area (Å²) in [4.78, 5) is 21.8. The highest BCUT2D eigenvalue weighted by Gasteiger charge is 2.10. The summed E-state index contributed by atoms with van der Waals surface area (Å²) in [5, 5.41) is 1.56. The van der Waals surface area contributed by atoms with E-state index < -0.39 is 0 Å². The van der Waals surface area contributed by atoms with Gasteiger partial charge >= 0.3 is 0 Å². The third-order valence-corrected chi connectivity index (χ3v) is 2.81. The molecule has 0 unspecified atom stereocenters. The highest BCUT2D eigenvalue weighted by atomic mass is 16.3. The second-order valence-corrected chi connectivity index (χ2v) is 3.81. The Balaban J connectivity index is 2.54. The molecule has 2 aromatic carbocycles. The summed E-state index contributed by atoms with van der Waals surface area (Å²) in [5.41, 5.74) is 2.48. The minimum absolute atomic E-state index is 0.570. The number of carbonyl (C=O) groups is 2. The lowest BCUT2D eigenvalue weighted by atomic mass is 10.1. The van der Waals surface area contributed by atoms with Gasteiger partial charge in [-0.15, -0.1) is 0 Å². The molecule has 1 heterocycles. The predicted molar refractivity (Wildman–Crippen MR) is 64.5 cm³/mol. The lowest BCUT2D eigenvalue weighted by Gasteiger charge is -1.94. The van der Waals surface area contributed by atoms with Crippen molar-refractivity contribution in [1.82, 2.24) is 0 Å². The minimum atomic E-state index is 0.570. The van der Waals surface area contributed by atoms with Crippen LogP contribution in [0.1, 0.15) is 20.7 Å². The van der Waals surface area contributed by atoms with Crippen LogP contribution in [0.2, 0.25) is 0 Å². The number of aldehydes is 2. The van der Waals surface area contributed by atoms with Gasteiger partial charge in [0.1, 0.15) is 17.5 Å². The lowest BCUT2D eigenvalue weighted by molar-refractivity contribution is 0.111. The number of hydrogen-bond donors (Lipinski definition) is 0. The van der Waals surface area contributed by atoms with Crippen molar-refractivity contribution in [1.29, 1.82) is 0 Å². The lowest BCUT2D eigenvalue weighted by Crippen LogP contribution is -1.81. The fourth-order valence-electron chi connectivity index (χ4n) is 2.04. The Labute approximate surface area is 96.6 Å². The first kappa shape index (κ1) is 9.78. The third-order valence-electron chi connectivity index (χ3n) is 2.81. The van der Waals surface area contributed by atoms with Crippen molar-refractivity contribution in [3.05, 3.63) is 47.5 Å². The largest absolute Gasteiger partial charge is 0.456 e. The molecule has 17 heavy (non-hydrogen) atoms. The van der Waals surface area contributed by atoms with Crippen LogP contribution < -0.4 is 0 Å². The fraction of sp³-hybridized carbons (Fsp3) is 0. The second kappa shape index (κ2) is 3.56. The van der Waals surface area contributed by atoms with Crippen LogP contribution in [0.4, 0.5) is 0 Å². The van der Waals surface area contributed by atoms with Gasteiger partial charge in [-0.1, -0.05) is 12.1 Å². The summed E-state index contributed by atoms with van der Waals surface area (Å²) < 4.78 is 5.62. The van der Waals surface area contributed by atoms with Crippen molar-refractivity contribution < 1.29 is 14.0 Å². The van der Waals surface area contributed by atoms with Crippen molar-refractivity contribution >= 4 is 34.5 Å². The molecular weight excluding hydrogens is 216 g/mol. The SMILES string of the molecule is O=Cc1ccc2oc3cccc(C=O)c3c2c1. The van der Waals surface area contributed by atoms with Gasteiger partial charge in [0, 0.05) is 21.9 Å². The van der Waals surface area contributed by atoms with Crippen molar-refractivity contribution in [2.45, 2.75) is 0 Å². The van der Waals surface area contributed by atoms with Crippen LogP contribution in [0.25, 0.3) is 21.9 Å². The Morgan fingerprint density at radius 1 is 0.941 bits per heavy atom. The van der Waals surface area contributed by atoms with Crippen LogP contribution >= 0.6 is 0 Å². The van der Waals surface area contributed by atoms with Gasteiger partial charge in [-0.05, 0) is 24.3 Å². The molecule has 3 nitrogen and oxygen atoms in total. The van der Waals surface area contributed by atoms with E-state index in [1.807, 2.05) is 6.07 Å². The van der Waals surface area contributed by atoms with E-state index in [0.717, 1.165) is 23.3 Å². The molecule has 0 radical (unpaired) electrons. The molecule has 0 spiro atoms. The Kier molecular flexibility index (Phi) is 2.05. The average Bonchev–Trinajstić information content (AvgIpc) is 2.75. The van der Waals surface area contributed by atoms with E-state index in [9.17, 15) is 9.59 Å². The van der Waals surface area contributed by atoms with Crippen molar-refractivity contribution in [3.63, 3.8) is 0 Å². The monoisotopic (exact) mass is 224 g/mol. The predicted octanol–water partition coefficient (Wildman–Crippen LogP) is 3.21. The summed E-state index contributed by atoms with van der Waals surface area (Å²) in [6.45, 7) is 0. The number of furan rings is 1. The van der Waals surface area contributed by atoms with Crippen molar-refractivity contribution in [2.24, 2.45) is 0 Å². The summed E-state index contributed by atoms with van der Waals surface area (Å²) in [6, 6.07) is 10.5. The summed E-state index contributed by atoms with van der Waals surface area (Å²) in [5.74, 6) is 0. The van der Waals surface area contributed by atoms with E-state index in [1.165, 1.54) is 0 Å².